The number of aromatic nitrogens is 2. The zero-order valence-electron chi connectivity index (χ0n) is 17.7. The molecule has 160 valence electrons. The van der Waals surface area contributed by atoms with Crippen molar-refractivity contribution in [1.82, 2.24) is 14.5 Å². The predicted molar refractivity (Wildman–Crippen MR) is 127 cm³/mol. The third-order valence-electron chi connectivity index (χ3n) is 5.85. The molecule has 0 spiro atoms. The second-order valence-electron chi connectivity index (χ2n) is 7.99. The van der Waals surface area contributed by atoms with Gasteiger partial charge < -0.3 is 10.2 Å². The van der Waals surface area contributed by atoms with E-state index in [1.54, 1.807) is 18.5 Å². The summed E-state index contributed by atoms with van der Waals surface area (Å²) < 4.78 is 1.95. The minimum Gasteiger partial charge on any atom is -0.341 e. The SMILES string of the molecule is O=C(c1cncc2c(=O)cc(Nc3ccccc3)n(-c3ccccc3)c12)N1CCCCC1. The molecule has 3 heterocycles. The largest absolute Gasteiger partial charge is 0.341 e. The monoisotopic (exact) mass is 424 g/mol. The van der Waals surface area contributed by atoms with Crippen molar-refractivity contribution in [3.05, 3.63) is 94.9 Å². The number of anilines is 2. The molecule has 0 saturated carbocycles. The summed E-state index contributed by atoms with van der Waals surface area (Å²) in [6, 6.07) is 21.0. The Bertz CT molecular complexity index is 1310. The molecule has 4 aromatic rings. The van der Waals surface area contributed by atoms with Gasteiger partial charge in [-0.15, -0.1) is 0 Å². The smallest absolute Gasteiger partial charge is 0.257 e. The number of carbonyl (C=O) groups excluding carboxylic acids is 1. The van der Waals surface area contributed by atoms with Gasteiger partial charge in [-0.05, 0) is 43.5 Å². The van der Waals surface area contributed by atoms with Gasteiger partial charge in [0.25, 0.3) is 5.91 Å². The molecule has 0 atom stereocenters. The Morgan fingerprint density at radius 2 is 1.56 bits per heavy atom. The number of hydrogen-bond donors (Lipinski definition) is 1. The van der Waals surface area contributed by atoms with Gasteiger partial charge in [-0.25, -0.2) is 0 Å². The minimum atomic E-state index is -0.175. The number of carbonyl (C=O) groups is 1. The molecule has 1 N–H and O–H groups in total. The van der Waals surface area contributed by atoms with E-state index in [1.165, 1.54) is 0 Å². The van der Waals surface area contributed by atoms with E-state index in [9.17, 15) is 9.59 Å². The van der Waals surface area contributed by atoms with Crippen molar-refractivity contribution in [3.63, 3.8) is 0 Å². The zero-order chi connectivity index (χ0) is 21.9. The van der Waals surface area contributed by atoms with Crippen LogP contribution in [0.2, 0.25) is 0 Å². The summed E-state index contributed by atoms with van der Waals surface area (Å²) in [6.07, 6.45) is 6.27. The van der Waals surface area contributed by atoms with E-state index in [4.69, 9.17) is 0 Å². The number of rotatable bonds is 4. The highest BCUT2D eigenvalue weighted by Gasteiger charge is 2.24. The first kappa shape index (κ1) is 20.0. The van der Waals surface area contributed by atoms with Crippen molar-refractivity contribution < 1.29 is 4.79 Å². The summed E-state index contributed by atoms with van der Waals surface area (Å²) >= 11 is 0. The molecule has 1 amide bonds. The summed E-state index contributed by atoms with van der Waals surface area (Å²) in [5.41, 5.74) is 2.56. The third kappa shape index (κ3) is 3.75. The van der Waals surface area contributed by atoms with Crippen LogP contribution in [0.25, 0.3) is 16.6 Å². The highest BCUT2D eigenvalue weighted by atomic mass is 16.2. The summed E-state index contributed by atoms with van der Waals surface area (Å²) in [5, 5.41) is 3.79. The Balaban J connectivity index is 1.77. The second kappa shape index (κ2) is 8.67. The van der Waals surface area contributed by atoms with Crippen LogP contribution in [0.1, 0.15) is 29.6 Å². The van der Waals surface area contributed by atoms with E-state index in [2.05, 4.69) is 10.3 Å². The molecule has 2 aromatic heterocycles. The van der Waals surface area contributed by atoms with E-state index >= 15 is 0 Å². The fourth-order valence-electron chi connectivity index (χ4n) is 4.29. The number of nitrogens with zero attached hydrogens (tertiary/aromatic N) is 3. The Hall–Kier alpha value is -3.93. The van der Waals surface area contributed by atoms with Gasteiger partial charge in [-0.1, -0.05) is 36.4 Å². The number of pyridine rings is 2. The van der Waals surface area contributed by atoms with Crippen LogP contribution >= 0.6 is 0 Å². The number of nitrogens with one attached hydrogen (secondary N) is 1. The number of piperidine rings is 1. The first-order valence-electron chi connectivity index (χ1n) is 10.9. The van der Waals surface area contributed by atoms with Crippen LogP contribution in [0.15, 0.2) is 83.9 Å². The Labute approximate surface area is 186 Å². The zero-order valence-corrected chi connectivity index (χ0v) is 17.7. The normalized spacial score (nSPS) is 13.8. The lowest BCUT2D eigenvalue weighted by molar-refractivity contribution is 0.0725. The van der Waals surface area contributed by atoms with Crippen molar-refractivity contribution in [1.29, 1.82) is 0 Å². The Kier molecular flexibility index (Phi) is 5.42. The molecule has 1 aliphatic heterocycles. The molecule has 6 nitrogen and oxygen atoms in total. The number of fused-ring (bicyclic) bond motifs is 1. The van der Waals surface area contributed by atoms with E-state index in [-0.39, 0.29) is 11.3 Å². The topological polar surface area (TPSA) is 67.2 Å². The summed E-state index contributed by atoms with van der Waals surface area (Å²) in [6.45, 7) is 1.46. The van der Waals surface area contributed by atoms with Gasteiger partial charge in [0.2, 0.25) is 0 Å². The van der Waals surface area contributed by atoms with Crippen LogP contribution in [0, 0.1) is 0 Å². The van der Waals surface area contributed by atoms with Crippen LogP contribution in [0.5, 0.6) is 0 Å². The van der Waals surface area contributed by atoms with Gasteiger partial charge >= 0.3 is 0 Å². The number of likely N-dealkylation sites (tertiary alicyclic amines) is 1. The quantitative estimate of drug-likeness (QED) is 0.513. The lowest BCUT2D eigenvalue weighted by atomic mass is 10.1. The first-order chi connectivity index (χ1) is 15.7. The van der Waals surface area contributed by atoms with Crippen molar-refractivity contribution in [2.24, 2.45) is 0 Å². The molecular weight excluding hydrogens is 400 g/mol. The molecule has 1 saturated heterocycles. The van der Waals surface area contributed by atoms with Crippen molar-refractivity contribution >= 4 is 28.3 Å². The highest BCUT2D eigenvalue weighted by Crippen LogP contribution is 2.28. The summed E-state index contributed by atoms with van der Waals surface area (Å²) in [7, 11) is 0. The van der Waals surface area contributed by atoms with Crippen LogP contribution in [-0.4, -0.2) is 33.4 Å². The van der Waals surface area contributed by atoms with Crippen molar-refractivity contribution in [2.45, 2.75) is 19.3 Å². The maximum atomic E-state index is 13.5. The van der Waals surface area contributed by atoms with Crippen molar-refractivity contribution in [2.75, 3.05) is 18.4 Å². The molecular formula is C26H24N4O2. The highest BCUT2D eigenvalue weighted by molar-refractivity contribution is 6.06. The van der Waals surface area contributed by atoms with E-state index < -0.39 is 0 Å². The molecule has 6 heteroatoms. The molecule has 5 rings (SSSR count). The van der Waals surface area contributed by atoms with Gasteiger partial charge in [0.05, 0.1) is 16.5 Å². The molecule has 0 radical (unpaired) electrons. The average molecular weight is 425 g/mol. The van der Waals surface area contributed by atoms with Gasteiger partial charge in [0, 0.05) is 42.9 Å². The Morgan fingerprint density at radius 3 is 2.28 bits per heavy atom. The minimum absolute atomic E-state index is 0.0799. The molecule has 0 unspecified atom stereocenters. The van der Waals surface area contributed by atoms with Crippen molar-refractivity contribution in [3.8, 4) is 5.69 Å². The maximum absolute atomic E-state index is 13.5. The summed E-state index contributed by atoms with van der Waals surface area (Å²) in [5.74, 6) is 0.516. The lowest BCUT2D eigenvalue weighted by Gasteiger charge is -2.28. The van der Waals surface area contributed by atoms with E-state index in [1.807, 2.05) is 70.1 Å². The summed E-state index contributed by atoms with van der Waals surface area (Å²) in [4.78, 5) is 32.8. The second-order valence-corrected chi connectivity index (χ2v) is 7.99. The first-order valence-corrected chi connectivity index (χ1v) is 10.9. The van der Waals surface area contributed by atoms with Crippen LogP contribution in [0.4, 0.5) is 11.5 Å². The fraction of sp³-hybridized carbons (Fsp3) is 0.192. The molecule has 1 fully saturated rings. The maximum Gasteiger partial charge on any atom is 0.257 e. The number of benzene rings is 2. The predicted octanol–water partition coefficient (Wildman–Crippen LogP) is 4.76. The number of para-hydroxylation sites is 2. The van der Waals surface area contributed by atoms with Crippen LogP contribution in [-0.2, 0) is 0 Å². The van der Waals surface area contributed by atoms with E-state index in [0.717, 1.165) is 43.7 Å². The van der Waals surface area contributed by atoms with Gasteiger partial charge in [0.15, 0.2) is 5.43 Å². The van der Waals surface area contributed by atoms with Crippen LogP contribution < -0.4 is 10.7 Å². The van der Waals surface area contributed by atoms with E-state index in [0.29, 0.717) is 22.3 Å². The standard InChI is InChI=1S/C26H24N4O2/c31-23-16-24(28-19-10-4-1-5-11-19)30(20-12-6-2-7-13-20)25-21(23)17-27-18-22(25)26(32)29-14-8-3-9-15-29/h1-2,4-7,10-13,16-18,28H,3,8-9,14-15H2. The number of hydrogen-bond acceptors (Lipinski definition) is 4. The molecule has 0 bridgehead atoms. The molecule has 1 aliphatic rings. The van der Waals surface area contributed by atoms with Gasteiger partial charge in [-0.2, -0.15) is 0 Å². The molecule has 2 aromatic carbocycles. The van der Waals surface area contributed by atoms with Crippen LogP contribution in [0.3, 0.4) is 0 Å². The lowest BCUT2D eigenvalue weighted by Crippen LogP contribution is -2.36. The average Bonchev–Trinajstić information content (AvgIpc) is 2.85. The fourth-order valence-corrected chi connectivity index (χ4v) is 4.29. The third-order valence-corrected chi connectivity index (χ3v) is 5.85. The van der Waals surface area contributed by atoms with Gasteiger partial charge in [0.1, 0.15) is 5.82 Å². The number of amides is 1. The Morgan fingerprint density at radius 1 is 0.875 bits per heavy atom. The van der Waals surface area contributed by atoms with Gasteiger partial charge in [-0.3, -0.25) is 19.1 Å². The molecule has 0 aliphatic carbocycles. The molecule has 32 heavy (non-hydrogen) atoms.